The maximum Gasteiger partial charge on any atom is 0.212 e. The van der Waals surface area contributed by atoms with Crippen LogP contribution in [0.3, 0.4) is 0 Å². The maximum atomic E-state index is 5.01. The van der Waals surface area contributed by atoms with Gasteiger partial charge in [0.15, 0.2) is 0 Å². The lowest BCUT2D eigenvalue weighted by molar-refractivity contribution is 0.398. The van der Waals surface area contributed by atoms with Crippen LogP contribution >= 0.6 is 0 Å². The fourth-order valence-electron chi connectivity index (χ4n) is 1.46. The molecule has 0 fully saturated rings. The molecule has 2 heterocycles. The van der Waals surface area contributed by atoms with Gasteiger partial charge in [-0.3, -0.25) is 0 Å². The lowest BCUT2D eigenvalue weighted by Crippen LogP contribution is -1.96. The van der Waals surface area contributed by atoms with E-state index in [1.54, 1.807) is 13.3 Å². The first-order valence-electron chi connectivity index (χ1n) is 5.54. The van der Waals surface area contributed by atoms with Gasteiger partial charge in [-0.2, -0.15) is 10.2 Å². The number of aromatic nitrogens is 3. The van der Waals surface area contributed by atoms with Gasteiger partial charge in [0, 0.05) is 17.8 Å². The van der Waals surface area contributed by atoms with Crippen LogP contribution in [0.25, 0.3) is 11.3 Å². The second-order valence-electron chi connectivity index (χ2n) is 4.09. The van der Waals surface area contributed by atoms with Crippen molar-refractivity contribution < 1.29 is 4.74 Å². The van der Waals surface area contributed by atoms with Gasteiger partial charge in [0.2, 0.25) is 5.88 Å². The molecule has 0 saturated carbocycles. The Labute approximate surface area is 101 Å². The van der Waals surface area contributed by atoms with Gasteiger partial charge in [-0.15, -0.1) is 0 Å². The number of rotatable bonds is 3. The lowest BCUT2D eigenvalue weighted by Gasteiger charge is -2.05. The summed E-state index contributed by atoms with van der Waals surface area (Å²) < 4.78 is 5.01. The first-order chi connectivity index (χ1) is 8.20. The Morgan fingerprint density at radius 2 is 1.88 bits per heavy atom. The summed E-state index contributed by atoms with van der Waals surface area (Å²) in [5.74, 6) is 0.992. The van der Waals surface area contributed by atoms with E-state index in [0.717, 1.165) is 17.0 Å². The van der Waals surface area contributed by atoms with Crippen molar-refractivity contribution in [2.75, 3.05) is 7.11 Å². The van der Waals surface area contributed by atoms with E-state index in [0.29, 0.717) is 11.8 Å². The number of pyridine rings is 1. The molecule has 0 saturated heterocycles. The molecule has 0 amide bonds. The fraction of sp³-hybridized carbons (Fsp3) is 0.308. The van der Waals surface area contributed by atoms with Crippen molar-refractivity contribution in [3.05, 3.63) is 36.2 Å². The zero-order chi connectivity index (χ0) is 12.3. The van der Waals surface area contributed by atoms with Gasteiger partial charge >= 0.3 is 0 Å². The quantitative estimate of drug-likeness (QED) is 0.811. The van der Waals surface area contributed by atoms with Crippen molar-refractivity contribution in [1.82, 2.24) is 15.2 Å². The minimum absolute atomic E-state index is 0.394. The molecule has 0 aromatic carbocycles. The molecule has 2 rings (SSSR count). The van der Waals surface area contributed by atoms with Gasteiger partial charge in [0.25, 0.3) is 0 Å². The summed E-state index contributed by atoms with van der Waals surface area (Å²) in [7, 11) is 1.60. The lowest BCUT2D eigenvalue weighted by atomic mass is 10.1. The fourth-order valence-corrected chi connectivity index (χ4v) is 1.46. The van der Waals surface area contributed by atoms with Crippen molar-refractivity contribution >= 4 is 0 Å². The third-order valence-corrected chi connectivity index (χ3v) is 2.52. The summed E-state index contributed by atoms with van der Waals surface area (Å²) in [6, 6.07) is 7.70. The molecule has 2 aromatic rings. The van der Waals surface area contributed by atoms with Crippen LogP contribution in [-0.2, 0) is 0 Å². The van der Waals surface area contributed by atoms with E-state index in [1.807, 2.05) is 24.3 Å². The Kier molecular flexibility index (Phi) is 3.32. The minimum Gasteiger partial charge on any atom is -0.481 e. The van der Waals surface area contributed by atoms with E-state index < -0.39 is 0 Å². The molecule has 88 valence electrons. The van der Waals surface area contributed by atoms with E-state index in [1.165, 1.54) is 0 Å². The molecule has 4 nitrogen and oxygen atoms in total. The first kappa shape index (κ1) is 11.5. The molecule has 0 radical (unpaired) electrons. The second kappa shape index (κ2) is 4.91. The van der Waals surface area contributed by atoms with Crippen molar-refractivity contribution in [2.24, 2.45) is 0 Å². The molecule has 0 unspecified atom stereocenters. The SMILES string of the molecule is COc1ccc(-c2ccc(C(C)C)nn2)cn1. The predicted molar refractivity (Wildman–Crippen MR) is 65.9 cm³/mol. The Morgan fingerprint density at radius 1 is 1.06 bits per heavy atom. The van der Waals surface area contributed by atoms with E-state index >= 15 is 0 Å². The van der Waals surface area contributed by atoms with Crippen LogP contribution in [0.5, 0.6) is 5.88 Å². The summed E-state index contributed by atoms with van der Waals surface area (Å²) in [4.78, 5) is 4.14. The van der Waals surface area contributed by atoms with Gasteiger partial charge in [-0.25, -0.2) is 4.98 Å². The molecule has 0 aliphatic rings. The van der Waals surface area contributed by atoms with E-state index in [2.05, 4.69) is 29.0 Å². The standard InChI is InChI=1S/C13H15N3O/c1-9(2)11-5-6-12(16-15-11)10-4-7-13(17-3)14-8-10/h4-9H,1-3H3. The summed E-state index contributed by atoms with van der Waals surface area (Å²) in [5, 5.41) is 8.38. The van der Waals surface area contributed by atoms with E-state index in [4.69, 9.17) is 4.74 Å². The number of methoxy groups -OCH3 is 1. The normalized spacial score (nSPS) is 10.6. The van der Waals surface area contributed by atoms with Gasteiger partial charge in [0.05, 0.1) is 18.5 Å². The van der Waals surface area contributed by atoms with Gasteiger partial charge in [-0.1, -0.05) is 13.8 Å². The Hall–Kier alpha value is -1.97. The molecule has 2 aromatic heterocycles. The van der Waals surface area contributed by atoms with Crippen LogP contribution in [-0.4, -0.2) is 22.3 Å². The molecular weight excluding hydrogens is 214 g/mol. The van der Waals surface area contributed by atoms with E-state index in [-0.39, 0.29) is 0 Å². The molecule has 0 spiro atoms. The highest BCUT2D eigenvalue weighted by Gasteiger charge is 2.04. The van der Waals surface area contributed by atoms with Crippen molar-refractivity contribution in [3.63, 3.8) is 0 Å². The van der Waals surface area contributed by atoms with Crippen LogP contribution in [0.1, 0.15) is 25.5 Å². The predicted octanol–water partition coefficient (Wildman–Crippen LogP) is 2.67. The van der Waals surface area contributed by atoms with Crippen LogP contribution in [0, 0.1) is 0 Å². The summed E-state index contributed by atoms with van der Waals surface area (Å²) in [6.07, 6.45) is 1.73. The maximum absolute atomic E-state index is 5.01. The van der Waals surface area contributed by atoms with Crippen LogP contribution in [0.2, 0.25) is 0 Å². The number of nitrogens with zero attached hydrogens (tertiary/aromatic N) is 3. The van der Waals surface area contributed by atoms with Gasteiger partial charge in [0.1, 0.15) is 0 Å². The number of ether oxygens (including phenoxy) is 1. The number of hydrogen-bond acceptors (Lipinski definition) is 4. The van der Waals surface area contributed by atoms with Crippen LogP contribution in [0.15, 0.2) is 30.5 Å². The Morgan fingerprint density at radius 3 is 2.35 bits per heavy atom. The van der Waals surface area contributed by atoms with E-state index in [9.17, 15) is 0 Å². The van der Waals surface area contributed by atoms with Crippen LogP contribution < -0.4 is 4.74 Å². The monoisotopic (exact) mass is 229 g/mol. The number of hydrogen-bond donors (Lipinski definition) is 0. The molecule has 17 heavy (non-hydrogen) atoms. The highest BCUT2D eigenvalue weighted by molar-refractivity contribution is 5.57. The summed E-state index contributed by atoms with van der Waals surface area (Å²) in [6.45, 7) is 4.19. The molecule has 0 N–H and O–H groups in total. The molecular formula is C13H15N3O. The average Bonchev–Trinajstić information content (AvgIpc) is 2.39. The van der Waals surface area contributed by atoms with Gasteiger partial charge < -0.3 is 4.74 Å². The van der Waals surface area contributed by atoms with Crippen molar-refractivity contribution in [1.29, 1.82) is 0 Å². The molecule has 4 heteroatoms. The minimum atomic E-state index is 0.394. The highest BCUT2D eigenvalue weighted by atomic mass is 16.5. The van der Waals surface area contributed by atoms with Crippen LogP contribution in [0.4, 0.5) is 0 Å². The zero-order valence-electron chi connectivity index (χ0n) is 10.2. The highest BCUT2D eigenvalue weighted by Crippen LogP contribution is 2.19. The van der Waals surface area contributed by atoms with Gasteiger partial charge in [-0.05, 0) is 24.1 Å². The average molecular weight is 229 g/mol. The topological polar surface area (TPSA) is 47.9 Å². The molecule has 0 atom stereocenters. The Bertz CT molecular complexity index is 477. The largest absolute Gasteiger partial charge is 0.481 e. The van der Waals surface area contributed by atoms with Crippen molar-refractivity contribution in [2.45, 2.75) is 19.8 Å². The second-order valence-corrected chi connectivity index (χ2v) is 4.09. The zero-order valence-corrected chi connectivity index (χ0v) is 10.2. The third kappa shape index (κ3) is 2.58. The molecule has 0 aliphatic carbocycles. The Balaban J connectivity index is 2.26. The molecule has 0 bridgehead atoms. The summed E-state index contributed by atoms with van der Waals surface area (Å²) >= 11 is 0. The summed E-state index contributed by atoms with van der Waals surface area (Å²) in [5.41, 5.74) is 2.76. The third-order valence-electron chi connectivity index (χ3n) is 2.52. The van der Waals surface area contributed by atoms with Crippen molar-refractivity contribution in [3.8, 4) is 17.1 Å². The first-order valence-corrected chi connectivity index (χ1v) is 5.54. The molecule has 0 aliphatic heterocycles. The smallest absolute Gasteiger partial charge is 0.212 e.